The fourth-order valence-electron chi connectivity index (χ4n) is 4.77. The van der Waals surface area contributed by atoms with E-state index in [9.17, 15) is 0 Å². The van der Waals surface area contributed by atoms with Crippen LogP contribution in [0.4, 0.5) is 0 Å². The van der Waals surface area contributed by atoms with Crippen molar-refractivity contribution in [1.29, 1.82) is 0 Å². The zero-order valence-electron chi connectivity index (χ0n) is 21.6. The van der Waals surface area contributed by atoms with Crippen LogP contribution in [0.3, 0.4) is 0 Å². The number of hydrogen-bond acceptors (Lipinski definition) is 2. The Morgan fingerprint density at radius 3 is 2.12 bits per heavy atom. The minimum absolute atomic E-state index is 0.939. The van der Waals surface area contributed by atoms with E-state index in [0.29, 0.717) is 0 Å². The number of H-pyrrole nitrogens is 1. The molecular weight excluding hydrogens is 751 g/mol. The summed E-state index contributed by atoms with van der Waals surface area (Å²) in [6.45, 7) is 0. The molecule has 0 saturated heterocycles. The molecule has 4 heterocycles. The summed E-state index contributed by atoms with van der Waals surface area (Å²) in [5.41, 5.74) is 5.32. The summed E-state index contributed by atoms with van der Waals surface area (Å²) in [5.74, 6) is 0. The summed E-state index contributed by atoms with van der Waals surface area (Å²) in [7, 11) is 0. The van der Waals surface area contributed by atoms with Crippen molar-refractivity contribution in [3.8, 4) is 5.69 Å². The number of aromatic amines is 1. The smallest absolute Gasteiger partial charge is 0.175 e. The van der Waals surface area contributed by atoms with Gasteiger partial charge in [-0.05, 0) is 103 Å². The Kier molecular flexibility index (Phi) is 8.39. The molecule has 0 radical (unpaired) electrons. The first-order valence-corrected chi connectivity index (χ1v) is 15.5. The number of nitrogens with one attached hydrogen (secondary N) is 1. The predicted octanol–water partition coefficient (Wildman–Crippen LogP) is 10.7. The summed E-state index contributed by atoms with van der Waals surface area (Å²) in [6.07, 6.45) is 14.5. The highest BCUT2D eigenvalue weighted by Gasteiger charge is 2.14. The standard InChI is InChI=1S/C17H11BrN2.C11H7BrN2.C6H4I/c18-15-10-4-8-13-14-9-5-11-19-17(14)20(16(13)15)12-6-2-1-3-7-12;12-9-5-1-3-7-8-4-2-6-13-11(8)14-10(7)9;7-6-4-2-1-3-5-6/h1-11H;1-6H,(H,13,14);1-4H/q;;+1. The molecular formula is C34H22Br2IN4+. The monoisotopic (exact) mass is 771 g/mol. The molecule has 7 aromatic rings. The van der Waals surface area contributed by atoms with Gasteiger partial charge in [0, 0.05) is 54.6 Å². The number of aromatic nitrogens is 4. The second-order valence-corrected chi connectivity index (χ2v) is 11.9. The maximum atomic E-state index is 4.58. The molecule has 1 aliphatic carbocycles. The van der Waals surface area contributed by atoms with Gasteiger partial charge in [-0.2, -0.15) is 0 Å². The highest BCUT2D eigenvalue weighted by atomic mass is 127. The number of nitrogens with zero attached hydrogens (tertiary/aromatic N) is 3. The van der Waals surface area contributed by atoms with Crippen molar-refractivity contribution >= 4 is 98.3 Å². The molecule has 198 valence electrons. The summed E-state index contributed by atoms with van der Waals surface area (Å²) in [4.78, 5) is 12.1. The molecule has 1 N–H and O–H groups in total. The normalized spacial score (nSPS) is 12.0. The van der Waals surface area contributed by atoms with E-state index in [2.05, 4.69) is 129 Å². The lowest BCUT2D eigenvalue weighted by Gasteiger charge is -2.07. The molecule has 41 heavy (non-hydrogen) atoms. The number of fused-ring (bicyclic) bond motifs is 6. The van der Waals surface area contributed by atoms with Gasteiger partial charge in [-0.1, -0.05) is 42.5 Å². The summed E-state index contributed by atoms with van der Waals surface area (Å²) < 4.78 is 5.53. The van der Waals surface area contributed by atoms with Crippen molar-refractivity contribution in [3.63, 3.8) is 0 Å². The van der Waals surface area contributed by atoms with Crippen LogP contribution >= 0.6 is 54.5 Å². The van der Waals surface area contributed by atoms with Crippen molar-refractivity contribution in [2.75, 3.05) is 0 Å². The average Bonchev–Trinajstić information content (AvgIpc) is 3.57. The zero-order chi connectivity index (χ0) is 28.2. The van der Waals surface area contributed by atoms with Crippen molar-refractivity contribution in [2.45, 2.75) is 0 Å². The minimum atomic E-state index is 0.939. The second kappa shape index (κ2) is 12.5. The number of allylic oxidation sites excluding steroid dienone is 6. The maximum absolute atomic E-state index is 4.58. The molecule has 0 atom stereocenters. The lowest BCUT2D eigenvalue weighted by molar-refractivity contribution is 1.13. The molecule has 0 bridgehead atoms. The fraction of sp³-hybridized carbons (Fsp3) is 0. The molecule has 0 saturated carbocycles. The topological polar surface area (TPSA) is 46.5 Å². The van der Waals surface area contributed by atoms with Gasteiger partial charge < -0.3 is 4.98 Å². The molecule has 0 aliphatic heterocycles. The van der Waals surface area contributed by atoms with Crippen LogP contribution in [0.15, 0.2) is 140 Å². The lowest BCUT2D eigenvalue weighted by atomic mass is 10.2. The summed E-state index contributed by atoms with van der Waals surface area (Å²) >= 11 is 9.41. The molecule has 0 unspecified atom stereocenters. The van der Waals surface area contributed by atoms with Gasteiger partial charge in [-0.25, -0.2) is 9.97 Å². The van der Waals surface area contributed by atoms with Crippen LogP contribution < -0.4 is 0 Å². The Bertz CT molecular complexity index is 2090. The number of halogens is 3. The zero-order valence-corrected chi connectivity index (χ0v) is 26.9. The molecule has 0 amide bonds. The van der Waals surface area contributed by atoms with Gasteiger partial charge >= 0.3 is 0 Å². The average molecular weight is 773 g/mol. The van der Waals surface area contributed by atoms with E-state index >= 15 is 0 Å². The number of pyridine rings is 2. The Labute approximate surface area is 267 Å². The van der Waals surface area contributed by atoms with Crippen LogP contribution in [-0.2, 0) is 0 Å². The third kappa shape index (κ3) is 5.76. The Balaban J connectivity index is 0.000000124. The van der Waals surface area contributed by atoms with Crippen molar-refractivity contribution in [1.82, 2.24) is 19.5 Å². The Hall–Kier alpha value is -3.62. The first-order valence-electron chi connectivity index (χ1n) is 12.8. The molecule has 3 aromatic carbocycles. The van der Waals surface area contributed by atoms with E-state index in [1.807, 2.05) is 73.0 Å². The van der Waals surface area contributed by atoms with Gasteiger partial charge in [-0.3, -0.25) is 4.57 Å². The van der Waals surface area contributed by atoms with Gasteiger partial charge in [0.2, 0.25) is 0 Å². The maximum Gasteiger partial charge on any atom is 0.175 e. The van der Waals surface area contributed by atoms with Crippen molar-refractivity contribution in [2.24, 2.45) is 0 Å². The van der Waals surface area contributed by atoms with Gasteiger partial charge in [0.15, 0.2) is 3.58 Å². The van der Waals surface area contributed by atoms with Crippen LogP contribution in [0.2, 0.25) is 0 Å². The number of para-hydroxylation sites is 3. The van der Waals surface area contributed by atoms with Gasteiger partial charge in [0.05, 0.1) is 29.3 Å². The van der Waals surface area contributed by atoms with Crippen LogP contribution in [0, 0.1) is 6.08 Å². The summed E-state index contributed by atoms with van der Waals surface area (Å²) in [5, 5.41) is 4.77. The van der Waals surface area contributed by atoms with Crippen LogP contribution in [0.1, 0.15) is 0 Å². The van der Waals surface area contributed by atoms with Crippen LogP contribution in [-0.4, -0.2) is 19.5 Å². The molecule has 8 rings (SSSR count). The van der Waals surface area contributed by atoms with Gasteiger partial charge in [-0.15, -0.1) is 0 Å². The van der Waals surface area contributed by atoms with Gasteiger partial charge in [0.1, 0.15) is 17.4 Å². The second-order valence-electron chi connectivity index (χ2n) is 9.08. The number of rotatable bonds is 1. The van der Waals surface area contributed by atoms with E-state index in [1.54, 1.807) is 6.20 Å². The van der Waals surface area contributed by atoms with Crippen LogP contribution in [0.25, 0.3) is 49.6 Å². The third-order valence-corrected chi connectivity index (χ3v) is 8.51. The van der Waals surface area contributed by atoms with E-state index < -0.39 is 0 Å². The van der Waals surface area contributed by atoms with E-state index in [4.69, 9.17) is 0 Å². The number of hydrogen-bond donors (Lipinski definition) is 1. The van der Waals surface area contributed by atoms with E-state index in [-0.39, 0.29) is 0 Å². The van der Waals surface area contributed by atoms with E-state index in [0.717, 1.165) is 37.0 Å². The largest absolute Gasteiger partial charge is 0.338 e. The Morgan fingerprint density at radius 1 is 0.683 bits per heavy atom. The Morgan fingerprint density at radius 2 is 1.39 bits per heavy atom. The quantitative estimate of drug-likeness (QED) is 0.133. The molecule has 0 spiro atoms. The third-order valence-electron chi connectivity index (χ3n) is 6.54. The lowest BCUT2D eigenvalue weighted by Crippen LogP contribution is -1.95. The highest BCUT2D eigenvalue weighted by Crippen LogP contribution is 2.35. The van der Waals surface area contributed by atoms with Crippen molar-refractivity contribution in [3.05, 3.63) is 146 Å². The fourth-order valence-corrected chi connectivity index (χ4v) is 6.16. The van der Waals surface area contributed by atoms with Crippen LogP contribution in [0.5, 0.6) is 0 Å². The molecule has 4 nitrogen and oxygen atoms in total. The molecule has 1 aliphatic rings. The molecule has 4 aromatic heterocycles. The first kappa shape index (κ1) is 27.5. The molecule has 0 fully saturated rings. The summed E-state index contributed by atoms with van der Waals surface area (Å²) in [6, 6.07) is 30.9. The SMILES string of the molecule is Brc1cccc2c1[nH]c1ncccc12.Brc1cccc2c3cccnc3n(-c3ccccc3)c12.IC1=CC=CC=[C+]1. The minimum Gasteiger partial charge on any atom is -0.338 e. The highest BCUT2D eigenvalue weighted by molar-refractivity contribution is 14.1. The van der Waals surface area contributed by atoms with E-state index in [1.165, 1.54) is 25.1 Å². The van der Waals surface area contributed by atoms with Gasteiger partial charge in [0.25, 0.3) is 0 Å². The van der Waals surface area contributed by atoms with Crippen molar-refractivity contribution < 1.29 is 0 Å². The predicted molar refractivity (Wildman–Crippen MR) is 187 cm³/mol. The number of benzene rings is 3. The first-order chi connectivity index (χ1) is 20.1. The molecule has 7 heteroatoms.